The van der Waals surface area contributed by atoms with Crippen molar-refractivity contribution < 1.29 is 51.6 Å². The third-order valence-corrected chi connectivity index (χ3v) is 11.1. The van der Waals surface area contributed by atoms with Crippen molar-refractivity contribution in [2.75, 3.05) is 0 Å². The number of alkyl halides is 9. The summed E-state index contributed by atoms with van der Waals surface area (Å²) in [4.78, 5) is -0.378. The lowest BCUT2D eigenvalue weighted by molar-refractivity contribution is -0.359. The second-order valence-corrected chi connectivity index (χ2v) is 13.1. The molecule has 0 heterocycles. The van der Waals surface area contributed by atoms with Gasteiger partial charge >= 0.3 is 33.1 Å². The monoisotopic (exact) mass is 618 g/mol. The Bertz CT molecular complexity index is 1280. The maximum Gasteiger partial charge on any atom is 0.439 e. The Morgan fingerprint density at radius 1 is 0.650 bits per heavy atom. The third kappa shape index (κ3) is 5.09. The van der Waals surface area contributed by atoms with Crippen LogP contribution in [0.5, 0.6) is 0 Å². The van der Waals surface area contributed by atoms with Crippen LogP contribution >= 0.6 is 10.3 Å². The average Bonchev–Trinajstić information content (AvgIpc) is 2.93. The first-order valence-electron chi connectivity index (χ1n) is 11.6. The fraction of sp³-hybridized carbons (Fsp3) is 0.308. The van der Waals surface area contributed by atoms with E-state index in [9.17, 15) is 39.2 Å². The summed E-state index contributed by atoms with van der Waals surface area (Å²) in [6, 6.07) is 20.0. The summed E-state index contributed by atoms with van der Waals surface area (Å²) in [5.74, 6) is -20.8. The molecule has 220 valence electrons. The minimum absolute atomic E-state index is 0.126. The standard InChI is InChI=1S/C26H23F9O3S2/c1-2-12-22(27)23(28,29)24(30,31)25(32,33)26(34,35)40(36,37)38-39(19-13-6-3-7-14-19,20-15-8-4-9-16-20)21-17-10-5-11-18-21/h3-11,13-18,22H,2,12H2,1H3. The van der Waals surface area contributed by atoms with E-state index in [0.29, 0.717) is 0 Å². The first kappa shape index (κ1) is 31.8. The second-order valence-electron chi connectivity index (χ2n) is 8.56. The van der Waals surface area contributed by atoms with Gasteiger partial charge in [-0.3, -0.25) is 0 Å². The maximum atomic E-state index is 15.1. The second kappa shape index (κ2) is 11.3. The number of hydrogen-bond donors (Lipinski definition) is 0. The Balaban J connectivity index is 2.27. The van der Waals surface area contributed by atoms with Crippen molar-refractivity contribution in [3.05, 3.63) is 91.0 Å². The van der Waals surface area contributed by atoms with Crippen LogP contribution in [0.4, 0.5) is 39.5 Å². The van der Waals surface area contributed by atoms with E-state index in [2.05, 4.69) is 0 Å². The number of hydrogen-bond acceptors (Lipinski definition) is 3. The van der Waals surface area contributed by atoms with Crippen LogP contribution in [0, 0.1) is 0 Å². The van der Waals surface area contributed by atoms with Crippen LogP contribution in [0.15, 0.2) is 106 Å². The Hall–Kier alpha value is -2.71. The van der Waals surface area contributed by atoms with Crippen molar-refractivity contribution in [1.29, 1.82) is 0 Å². The van der Waals surface area contributed by atoms with E-state index in [0.717, 1.165) is 6.92 Å². The van der Waals surface area contributed by atoms with Gasteiger partial charge in [-0.1, -0.05) is 67.9 Å². The van der Waals surface area contributed by atoms with Gasteiger partial charge in [0, 0.05) is 14.7 Å². The van der Waals surface area contributed by atoms with Gasteiger partial charge in [-0.05, 0) is 53.1 Å². The minimum Gasteiger partial charge on any atom is -0.241 e. The zero-order valence-corrected chi connectivity index (χ0v) is 22.2. The molecule has 0 N–H and O–H groups in total. The molecule has 0 saturated heterocycles. The summed E-state index contributed by atoms with van der Waals surface area (Å²) in [5, 5.41) is -6.95. The predicted octanol–water partition coefficient (Wildman–Crippen LogP) is 8.87. The highest BCUT2D eigenvalue weighted by atomic mass is 32.3. The quantitative estimate of drug-likeness (QED) is 0.191. The van der Waals surface area contributed by atoms with E-state index in [1.165, 1.54) is 91.0 Å². The van der Waals surface area contributed by atoms with E-state index in [1.807, 2.05) is 0 Å². The topological polar surface area (TPSA) is 43.4 Å². The summed E-state index contributed by atoms with van der Waals surface area (Å²) in [7, 11) is -11.1. The van der Waals surface area contributed by atoms with Gasteiger partial charge in [0.25, 0.3) is 0 Å². The van der Waals surface area contributed by atoms with Crippen molar-refractivity contribution in [2.24, 2.45) is 0 Å². The van der Waals surface area contributed by atoms with Gasteiger partial charge in [0.05, 0.1) is 0 Å². The molecular formula is C26H23F9O3S2. The van der Waals surface area contributed by atoms with Crippen LogP contribution in [0.25, 0.3) is 0 Å². The molecular weight excluding hydrogens is 595 g/mol. The Kier molecular flexibility index (Phi) is 8.97. The maximum absolute atomic E-state index is 15.1. The van der Waals surface area contributed by atoms with Gasteiger partial charge in [0.15, 0.2) is 6.17 Å². The lowest BCUT2D eigenvalue weighted by atomic mass is 9.98. The molecule has 0 aliphatic carbocycles. The van der Waals surface area contributed by atoms with E-state index >= 15 is 8.78 Å². The predicted molar refractivity (Wildman–Crippen MR) is 131 cm³/mol. The molecule has 14 heteroatoms. The highest BCUT2D eigenvalue weighted by molar-refractivity contribution is 8.33. The zero-order chi connectivity index (χ0) is 30.0. The molecule has 3 aromatic rings. The summed E-state index contributed by atoms with van der Waals surface area (Å²) >= 11 is 0. The Morgan fingerprint density at radius 3 is 1.32 bits per heavy atom. The first-order chi connectivity index (χ1) is 18.5. The summed E-state index contributed by atoms with van der Waals surface area (Å²) in [6.45, 7) is 1.06. The lowest BCUT2D eigenvalue weighted by Crippen LogP contribution is -2.66. The molecule has 3 nitrogen and oxygen atoms in total. The number of rotatable bonds is 12. The summed E-state index contributed by atoms with van der Waals surface area (Å²) in [5.41, 5.74) is 0. The van der Waals surface area contributed by atoms with Crippen LogP contribution in [0.1, 0.15) is 19.8 Å². The van der Waals surface area contributed by atoms with Crippen LogP contribution in [-0.2, 0) is 13.7 Å². The zero-order valence-electron chi connectivity index (χ0n) is 20.6. The highest BCUT2D eigenvalue weighted by Gasteiger charge is 2.86. The molecule has 1 atom stereocenters. The largest absolute Gasteiger partial charge is 0.439 e. The van der Waals surface area contributed by atoms with Crippen molar-refractivity contribution in [2.45, 2.75) is 63.6 Å². The van der Waals surface area contributed by atoms with Gasteiger partial charge in [0.2, 0.25) is 0 Å². The molecule has 1 unspecified atom stereocenters. The highest BCUT2D eigenvalue weighted by Crippen LogP contribution is 2.71. The molecule has 0 aromatic heterocycles. The van der Waals surface area contributed by atoms with Crippen molar-refractivity contribution in [3.8, 4) is 0 Å². The third-order valence-electron chi connectivity index (χ3n) is 5.85. The van der Waals surface area contributed by atoms with Crippen molar-refractivity contribution in [1.82, 2.24) is 0 Å². The fourth-order valence-electron chi connectivity index (χ4n) is 3.72. The molecule has 0 radical (unpaired) electrons. The Labute approximate surface area is 226 Å². The molecule has 3 aromatic carbocycles. The molecule has 0 spiro atoms. The molecule has 0 aliphatic heterocycles. The van der Waals surface area contributed by atoms with E-state index in [-0.39, 0.29) is 14.7 Å². The van der Waals surface area contributed by atoms with E-state index in [4.69, 9.17) is 3.63 Å². The van der Waals surface area contributed by atoms with Gasteiger partial charge in [-0.2, -0.15) is 43.5 Å². The molecule has 0 amide bonds. The number of benzene rings is 3. The van der Waals surface area contributed by atoms with Crippen LogP contribution < -0.4 is 0 Å². The van der Waals surface area contributed by atoms with Gasteiger partial charge in [0.1, 0.15) is 0 Å². The average molecular weight is 619 g/mol. The van der Waals surface area contributed by atoms with Gasteiger partial charge in [-0.15, -0.1) is 0 Å². The molecule has 0 fully saturated rings. The Morgan fingerprint density at radius 2 is 1.00 bits per heavy atom. The molecule has 40 heavy (non-hydrogen) atoms. The van der Waals surface area contributed by atoms with Crippen molar-refractivity contribution in [3.63, 3.8) is 0 Å². The lowest BCUT2D eigenvalue weighted by Gasteiger charge is -2.42. The summed E-state index contributed by atoms with van der Waals surface area (Å²) in [6.07, 6.45) is -5.87. The normalized spacial score (nSPS) is 15.1. The fourth-order valence-corrected chi connectivity index (χ4v) is 8.96. The SMILES string of the molecule is CCCC(F)C(F)(F)C(F)(F)C(F)(F)C(F)(F)S(=O)(=O)OS(c1ccccc1)(c1ccccc1)c1ccccc1. The minimum atomic E-state index is -7.31. The molecule has 3 rings (SSSR count). The smallest absolute Gasteiger partial charge is 0.241 e. The molecule has 0 saturated carbocycles. The van der Waals surface area contributed by atoms with Crippen LogP contribution in [-0.4, -0.2) is 37.6 Å². The summed E-state index contributed by atoms with van der Waals surface area (Å²) < 4.78 is 162. The molecule has 0 aliphatic rings. The van der Waals surface area contributed by atoms with E-state index in [1.54, 1.807) is 0 Å². The van der Waals surface area contributed by atoms with Crippen molar-refractivity contribution >= 4 is 20.4 Å². The first-order valence-corrected chi connectivity index (χ1v) is 14.6. The number of halogens is 9. The van der Waals surface area contributed by atoms with Crippen LogP contribution in [0.2, 0.25) is 0 Å². The van der Waals surface area contributed by atoms with E-state index < -0.39 is 62.5 Å². The van der Waals surface area contributed by atoms with Gasteiger partial charge < -0.3 is 0 Å². The van der Waals surface area contributed by atoms with Gasteiger partial charge in [-0.25, -0.2) is 8.02 Å². The molecule has 0 bridgehead atoms. The van der Waals surface area contributed by atoms with Crippen LogP contribution in [0.3, 0.4) is 0 Å².